The molecule has 0 N–H and O–H groups in total. The van der Waals surface area contributed by atoms with E-state index in [0.29, 0.717) is 13.2 Å². The van der Waals surface area contributed by atoms with Gasteiger partial charge >= 0.3 is 11.9 Å². The van der Waals surface area contributed by atoms with Gasteiger partial charge in [-0.1, -0.05) is 12.1 Å². The van der Waals surface area contributed by atoms with Crippen molar-refractivity contribution < 1.29 is 23.8 Å². The van der Waals surface area contributed by atoms with Crippen molar-refractivity contribution in [2.75, 3.05) is 19.8 Å². The Labute approximate surface area is 124 Å². The van der Waals surface area contributed by atoms with Crippen molar-refractivity contribution in [3.63, 3.8) is 0 Å². The molecule has 2 rings (SSSR count). The second kappa shape index (κ2) is 6.72. The van der Waals surface area contributed by atoms with Crippen molar-refractivity contribution in [1.29, 1.82) is 0 Å². The molecule has 0 fully saturated rings. The van der Waals surface area contributed by atoms with E-state index in [1.54, 1.807) is 24.3 Å². The third-order valence-electron chi connectivity index (χ3n) is 3.18. The van der Waals surface area contributed by atoms with Gasteiger partial charge in [-0.3, -0.25) is 0 Å². The Bertz CT molecular complexity index is 521. The minimum atomic E-state index is -0.552. The first-order chi connectivity index (χ1) is 9.99. The average molecular weight is 292 g/mol. The second-order valence-corrected chi connectivity index (χ2v) is 5.57. The maximum Gasteiger partial charge on any atom is 0.339 e. The van der Waals surface area contributed by atoms with Crippen LogP contribution in [-0.4, -0.2) is 37.4 Å². The molecule has 0 radical (unpaired) electrons. The Morgan fingerprint density at radius 1 is 0.905 bits per heavy atom. The molecule has 0 bridgehead atoms. The summed E-state index contributed by atoms with van der Waals surface area (Å²) in [5, 5.41) is 0. The van der Waals surface area contributed by atoms with Gasteiger partial charge in [0, 0.05) is 6.61 Å². The number of rotatable bonds is 0. The number of hydrogen-bond donors (Lipinski definition) is 0. The van der Waals surface area contributed by atoms with Gasteiger partial charge in [-0.05, 0) is 38.8 Å². The average Bonchev–Trinajstić information content (AvgIpc) is 2.48. The van der Waals surface area contributed by atoms with Crippen molar-refractivity contribution in [3.8, 4) is 0 Å². The third-order valence-corrected chi connectivity index (χ3v) is 3.18. The van der Waals surface area contributed by atoms with Gasteiger partial charge in [0.25, 0.3) is 0 Å². The summed E-state index contributed by atoms with van der Waals surface area (Å²) in [7, 11) is 0. The number of carbonyl (C=O) groups excluding carboxylic acids is 2. The predicted molar refractivity (Wildman–Crippen MR) is 76.3 cm³/mol. The Morgan fingerprint density at radius 3 is 2.14 bits per heavy atom. The first kappa shape index (κ1) is 15.5. The lowest BCUT2D eigenvalue weighted by Gasteiger charge is -2.24. The standard InChI is InChI=1S/C16H20O5/c1-16(2)11-20-15(18)13-8-4-3-7-12(13)14(17)19-9-5-6-10-21-16/h3-4,7-8H,5-6,9-11H2,1-2H3. The van der Waals surface area contributed by atoms with Crippen molar-refractivity contribution in [2.45, 2.75) is 32.3 Å². The molecule has 0 aliphatic carbocycles. The van der Waals surface area contributed by atoms with Crippen LogP contribution in [-0.2, 0) is 14.2 Å². The zero-order valence-corrected chi connectivity index (χ0v) is 12.4. The molecule has 1 aromatic rings. The lowest BCUT2D eigenvalue weighted by Crippen LogP contribution is -2.32. The molecule has 1 heterocycles. The lowest BCUT2D eigenvalue weighted by atomic mass is 10.1. The van der Waals surface area contributed by atoms with Crippen LogP contribution < -0.4 is 0 Å². The van der Waals surface area contributed by atoms with Crippen LogP contribution in [0.5, 0.6) is 0 Å². The highest BCUT2D eigenvalue weighted by molar-refractivity contribution is 6.03. The van der Waals surface area contributed by atoms with Gasteiger partial charge in [0.05, 0.1) is 23.3 Å². The first-order valence-corrected chi connectivity index (χ1v) is 7.07. The van der Waals surface area contributed by atoms with E-state index in [2.05, 4.69) is 0 Å². The molecular formula is C16H20O5. The molecule has 5 heteroatoms. The minimum Gasteiger partial charge on any atom is -0.462 e. The maximum atomic E-state index is 12.2. The summed E-state index contributed by atoms with van der Waals surface area (Å²) in [5.41, 5.74) is -0.0956. The zero-order chi connectivity index (χ0) is 15.3. The second-order valence-electron chi connectivity index (χ2n) is 5.57. The van der Waals surface area contributed by atoms with Crippen molar-refractivity contribution in [3.05, 3.63) is 35.4 Å². The summed E-state index contributed by atoms with van der Waals surface area (Å²) in [5.74, 6) is -1.04. The predicted octanol–water partition coefficient (Wildman–Crippen LogP) is 2.59. The van der Waals surface area contributed by atoms with E-state index in [0.717, 1.165) is 12.8 Å². The molecule has 0 unspecified atom stereocenters. The highest BCUT2D eigenvalue weighted by Crippen LogP contribution is 2.16. The van der Waals surface area contributed by atoms with Gasteiger partial charge in [0.1, 0.15) is 6.61 Å². The van der Waals surface area contributed by atoms with Crippen LogP contribution >= 0.6 is 0 Å². The Hall–Kier alpha value is -1.88. The fourth-order valence-corrected chi connectivity index (χ4v) is 1.99. The van der Waals surface area contributed by atoms with E-state index in [4.69, 9.17) is 14.2 Å². The molecule has 1 aliphatic heterocycles. The number of fused-ring (bicyclic) bond motifs is 1. The summed E-state index contributed by atoms with van der Waals surface area (Å²) in [6, 6.07) is 6.51. The molecule has 0 atom stereocenters. The highest BCUT2D eigenvalue weighted by atomic mass is 16.6. The van der Waals surface area contributed by atoms with Crippen LogP contribution in [0.2, 0.25) is 0 Å². The number of benzene rings is 1. The van der Waals surface area contributed by atoms with Crippen LogP contribution in [0.25, 0.3) is 0 Å². The van der Waals surface area contributed by atoms with Crippen LogP contribution in [0, 0.1) is 0 Å². The molecule has 0 aromatic heterocycles. The minimum absolute atomic E-state index is 0.134. The van der Waals surface area contributed by atoms with E-state index in [1.165, 1.54) is 0 Å². The fourth-order valence-electron chi connectivity index (χ4n) is 1.99. The van der Waals surface area contributed by atoms with E-state index < -0.39 is 17.5 Å². The third kappa shape index (κ3) is 4.29. The van der Waals surface area contributed by atoms with E-state index in [9.17, 15) is 9.59 Å². The van der Waals surface area contributed by atoms with Gasteiger partial charge in [0.2, 0.25) is 0 Å². The lowest BCUT2D eigenvalue weighted by molar-refractivity contribution is -0.0633. The molecule has 114 valence electrons. The SMILES string of the molecule is CC1(C)COC(=O)c2ccccc2C(=O)OCCCCO1. The molecule has 5 nitrogen and oxygen atoms in total. The number of ether oxygens (including phenoxy) is 3. The molecule has 0 spiro atoms. The number of carbonyl (C=O) groups is 2. The monoisotopic (exact) mass is 292 g/mol. The summed E-state index contributed by atoms with van der Waals surface area (Å²) in [4.78, 5) is 24.2. The first-order valence-electron chi connectivity index (χ1n) is 7.07. The zero-order valence-electron chi connectivity index (χ0n) is 12.4. The van der Waals surface area contributed by atoms with Crippen LogP contribution in [0.15, 0.2) is 24.3 Å². The fraction of sp³-hybridized carbons (Fsp3) is 0.500. The summed E-state index contributed by atoms with van der Waals surface area (Å²) >= 11 is 0. The Kier molecular flexibility index (Phi) is 4.96. The van der Waals surface area contributed by atoms with Crippen molar-refractivity contribution >= 4 is 11.9 Å². The van der Waals surface area contributed by atoms with Crippen molar-refractivity contribution in [1.82, 2.24) is 0 Å². The van der Waals surface area contributed by atoms with Crippen LogP contribution in [0.4, 0.5) is 0 Å². The quantitative estimate of drug-likeness (QED) is 0.688. The molecule has 0 saturated carbocycles. The summed E-state index contributed by atoms with van der Waals surface area (Å²) in [6.45, 7) is 4.72. The van der Waals surface area contributed by atoms with Gasteiger partial charge in [0.15, 0.2) is 0 Å². The normalized spacial score (nSPS) is 20.1. The van der Waals surface area contributed by atoms with E-state index in [1.807, 2.05) is 13.8 Å². The van der Waals surface area contributed by atoms with Crippen LogP contribution in [0.3, 0.4) is 0 Å². The Balaban J connectivity index is 2.24. The molecule has 1 aromatic carbocycles. The van der Waals surface area contributed by atoms with E-state index >= 15 is 0 Å². The van der Waals surface area contributed by atoms with Crippen molar-refractivity contribution in [2.24, 2.45) is 0 Å². The van der Waals surface area contributed by atoms with Crippen LogP contribution in [0.1, 0.15) is 47.4 Å². The molecule has 0 saturated heterocycles. The smallest absolute Gasteiger partial charge is 0.339 e. The number of cyclic esters (lactones) is 2. The van der Waals surface area contributed by atoms with Gasteiger partial charge in [-0.2, -0.15) is 0 Å². The molecule has 21 heavy (non-hydrogen) atoms. The maximum absolute atomic E-state index is 12.2. The highest BCUT2D eigenvalue weighted by Gasteiger charge is 2.24. The Morgan fingerprint density at radius 2 is 1.48 bits per heavy atom. The number of esters is 2. The summed E-state index contributed by atoms with van der Waals surface area (Å²) in [6.07, 6.45) is 1.51. The van der Waals surface area contributed by atoms with Gasteiger partial charge in [-0.15, -0.1) is 0 Å². The molecular weight excluding hydrogens is 272 g/mol. The molecule has 0 amide bonds. The topological polar surface area (TPSA) is 61.8 Å². The number of hydrogen-bond acceptors (Lipinski definition) is 5. The molecule has 1 aliphatic rings. The van der Waals surface area contributed by atoms with E-state index in [-0.39, 0.29) is 17.7 Å². The van der Waals surface area contributed by atoms with Gasteiger partial charge < -0.3 is 14.2 Å². The summed E-state index contributed by atoms with van der Waals surface area (Å²) < 4.78 is 16.1. The largest absolute Gasteiger partial charge is 0.462 e. The van der Waals surface area contributed by atoms with Gasteiger partial charge in [-0.25, -0.2) is 9.59 Å².